The van der Waals surface area contributed by atoms with Gasteiger partial charge < -0.3 is 0 Å². The lowest BCUT2D eigenvalue weighted by Gasteiger charge is -2.17. The van der Waals surface area contributed by atoms with Crippen molar-refractivity contribution in [2.75, 3.05) is 5.88 Å². The van der Waals surface area contributed by atoms with E-state index >= 15 is 0 Å². The summed E-state index contributed by atoms with van der Waals surface area (Å²) < 4.78 is 0. The normalized spacial score (nSPS) is 48.3. The fraction of sp³-hybridized carbons (Fsp3) is 1.00. The minimum atomic E-state index is 0.894. The minimum Gasteiger partial charge on any atom is -0.126 e. The van der Waals surface area contributed by atoms with Gasteiger partial charge in [0.15, 0.2) is 0 Å². The van der Waals surface area contributed by atoms with Crippen LogP contribution < -0.4 is 0 Å². The Morgan fingerprint density at radius 1 is 1.22 bits per heavy atom. The van der Waals surface area contributed by atoms with Crippen molar-refractivity contribution < 1.29 is 0 Å². The number of fused-ring (bicyclic) bond motifs is 2. The highest BCUT2D eigenvalue weighted by molar-refractivity contribution is 6.18. The molecule has 2 aliphatic carbocycles. The summed E-state index contributed by atoms with van der Waals surface area (Å²) in [4.78, 5) is 0. The first kappa shape index (κ1) is 6.03. The lowest BCUT2D eigenvalue weighted by molar-refractivity contribution is 0.364. The Labute approximate surface area is 61.6 Å². The molecule has 52 valence electrons. The van der Waals surface area contributed by atoms with Gasteiger partial charge >= 0.3 is 0 Å². The second-order valence-electron chi connectivity index (χ2n) is 3.59. The van der Waals surface area contributed by atoms with Crippen LogP contribution in [-0.4, -0.2) is 5.88 Å². The fourth-order valence-electron chi connectivity index (χ4n) is 2.57. The van der Waals surface area contributed by atoms with Crippen molar-refractivity contribution in [3.8, 4) is 0 Å². The van der Waals surface area contributed by atoms with Gasteiger partial charge in [0.1, 0.15) is 0 Å². The van der Waals surface area contributed by atoms with E-state index in [0.29, 0.717) is 0 Å². The number of alkyl halides is 1. The van der Waals surface area contributed by atoms with Crippen molar-refractivity contribution in [2.45, 2.75) is 25.7 Å². The molecule has 0 nitrogen and oxygen atoms in total. The van der Waals surface area contributed by atoms with Crippen molar-refractivity contribution in [3.05, 3.63) is 0 Å². The minimum absolute atomic E-state index is 0.894. The number of halogens is 1. The molecule has 0 amide bonds. The average Bonchev–Trinajstić information content (AvgIpc) is 2.45. The lowest BCUT2D eigenvalue weighted by Crippen LogP contribution is -2.11. The molecule has 2 bridgehead atoms. The van der Waals surface area contributed by atoms with Crippen molar-refractivity contribution in [2.24, 2.45) is 17.8 Å². The van der Waals surface area contributed by atoms with Gasteiger partial charge in [-0.05, 0) is 37.0 Å². The molecule has 1 heteroatoms. The molecule has 2 saturated carbocycles. The number of hydrogen-bond donors (Lipinski definition) is 0. The van der Waals surface area contributed by atoms with Gasteiger partial charge in [-0.25, -0.2) is 0 Å². The van der Waals surface area contributed by atoms with Gasteiger partial charge in [-0.3, -0.25) is 0 Å². The molecule has 0 spiro atoms. The summed E-state index contributed by atoms with van der Waals surface area (Å²) in [6.07, 6.45) is 5.91. The molecule has 0 radical (unpaired) electrons. The van der Waals surface area contributed by atoms with Crippen LogP contribution in [-0.2, 0) is 0 Å². The standard InChI is InChI=1S/C8H13Cl/c9-5-8-4-6-1-2-7(8)3-6/h6-8H,1-5H2. The molecular formula is C8H13Cl. The van der Waals surface area contributed by atoms with E-state index in [0.717, 1.165) is 23.6 Å². The molecule has 3 unspecified atom stereocenters. The first-order valence-corrected chi connectivity index (χ1v) is 4.49. The third kappa shape index (κ3) is 0.881. The van der Waals surface area contributed by atoms with E-state index in [1.165, 1.54) is 25.7 Å². The van der Waals surface area contributed by atoms with Gasteiger partial charge in [-0.1, -0.05) is 6.42 Å². The maximum atomic E-state index is 5.80. The first-order valence-electron chi connectivity index (χ1n) is 3.96. The van der Waals surface area contributed by atoms with Gasteiger partial charge in [-0.15, -0.1) is 11.6 Å². The predicted octanol–water partition coefficient (Wildman–Crippen LogP) is 2.66. The molecule has 0 aromatic carbocycles. The summed E-state index contributed by atoms with van der Waals surface area (Å²) in [7, 11) is 0. The first-order chi connectivity index (χ1) is 4.40. The van der Waals surface area contributed by atoms with Crippen LogP contribution in [0.5, 0.6) is 0 Å². The number of hydrogen-bond acceptors (Lipinski definition) is 0. The van der Waals surface area contributed by atoms with Crippen LogP contribution in [0.2, 0.25) is 0 Å². The second kappa shape index (κ2) is 2.16. The summed E-state index contributed by atoms with van der Waals surface area (Å²) in [5.74, 6) is 3.90. The topological polar surface area (TPSA) is 0 Å². The number of rotatable bonds is 1. The summed E-state index contributed by atoms with van der Waals surface area (Å²) in [5.41, 5.74) is 0. The Morgan fingerprint density at radius 3 is 2.44 bits per heavy atom. The maximum absolute atomic E-state index is 5.80. The van der Waals surface area contributed by atoms with Crippen molar-refractivity contribution in [3.63, 3.8) is 0 Å². The van der Waals surface area contributed by atoms with Gasteiger partial charge in [0.25, 0.3) is 0 Å². The van der Waals surface area contributed by atoms with Gasteiger partial charge in [0.05, 0.1) is 0 Å². The monoisotopic (exact) mass is 144 g/mol. The molecule has 0 heterocycles. The van der Waals surface area contributed by atoms with Crippen molar-refractivity contribution in [1.82, 2.24) is 0 Å². The zero-order valence-electron chi connectivity index (χ0n) is 5.65. The molecule has 0 saturated heterocycles. The Balaban J connectivity index is 2.01. The summed E-state index contributed by atoms with van der Waals surface area (Å²) in [6.45, 7) is 0. The van der Waals surface area contributed by atoms with E-state index in [1.807, 2.05) is 0 Å². The van der Waals surface area contributed by atoms with Crippen LogP contribution in [0.4, 0.5) is 0 Å². The predicted molar refractivity (Wildman–Crippen MR) is 39.7 cm³/mol. The maximum Gasteiger partial charge on any atom is 0.0254 e. The Kier molecular flexibility index (Phi) is 1.45. The molecule has 0 N–H and O–H groups in total. The highest BCUT2D eigenvalue weighted by Gasteiger charge is 2.38. The highest BCUT2D eigenvalue weighted by Crippen LogP contribution is 2.48. The van der Waals surface area contributed by atoms with Gasteiger partial charge in [0.2, 0.25) is 0 Å². The molecule has 9 heavy (non-hydrogen) atoms. The Bertz CT molecular complexity index is 111. The largest absolute Gasteiger partial charge is 0.126 e. The molecule has 2 fully saturated rings. The third-order valence-electron chi connectivity index (χ3n) is 3.08. The van der Waals surface area contributed by atoms with Gasteiger partial charge in [-0.2, -0.15) is 0 Å². The van der Waals surface area contributed by atoms with Crippen LogP contribution >= 0.6 is 11.6 Å². The van der Waals surface area contributed by atoms with Crippen molar-refractivity contribution >= 4 is 11.6 Å². The quantitative estimate of drug-likeness (QED) is 0.497. The molecule has 0 aliphatic heterocycles. The smallest absolute Gasteiger partial charge is 0.0254 e. The second-order valence-corrected chi connectivity index (χ2v) is 3.90. The van der Waals surface area contributed by atoms with Gasteiger partial charge in [0, 0.05) is 5.88 Å². The molecule has 2 aliphatic rings. The van der Waals surface area contributed by atoms with E-state index in [9.17, 15) is 0 Å². The lowest BCUT2D eigenvalue weighted by atomic mass is 9.90. The van der Waals surface area contributed by atoms with Crippen LogP contribution in [0.3, 0.4) is 0 Å². The van der Waals surface area contributed by atoms with Crippen molar-refractivity contribution in [1.29, 1.82) is 0 Å². The van der Waals surface area contributed by atoms with Crippen LogP contribution in [0.1, 0.15) is 25.7 Å². The van der Waals surface area contributed by atoms with E-state index in [2.05, 4.69) is 0 Å². The van der Waals surface area contributed by atoms with E-state index in [4.69, 9.17) is 11.6 Å². The SMILES string of the molecule is ClCC1CC2CCC1C2. The highest BCUT2D eigenvalue weighted by atomic mass is 35.5. The molecule has 0 aromatic heterocycles. The zero-order valence-corrected chi connectivity index (χ0v) is 6.40. The zero-order chi connectivity index (χ0) is 6.27. The van der Waals surface area contributed by atoms with Crippen LogP contribution in [0, 0.1) is 17.8 Å². The third-order valence-corrected chi connectivity index (χ3v) is 3.48. The molecule has 0 aromatic rings. The van der Waals surface area contributed by atoms with E-state index < -0.39 is 0 Å². The molecular weight excluding hydrogens is 132 g/mol. The van der Waals surface area contributed by atoms with E-state index in [1.54, 1.807) is 0 Å². The summed E-state index contributed by atoms with van der Waals surface area (Å²) in [6, 6.07) is 0. The summed E-state index contributed by atoms with van der Waals surface area (Å²) >= 11 is 5.80. The fourth-order valence-corrected chi connectivity index (χ4v) is 2.94. The average molecular weight is 145 g/mol. The molecule has 3 atom stereocenters. The Morgan fingerprint density at radius 2 is 2.11 bits per heavy atom. The Hall–Kier alpha value is 0.290. The molecule has 2 rings (SSSR count). The summed E-state index contributed by atoms with van der Waals surface area (Å²) in [5, 5.41) is 0. The van der Waals surface area contributed by atoms with Crippen LogP contribution in [0.15, 0.2) is 0 Å². The van der Waals surface area contributed by atoms with E-state index in [-0.39, 0.29) is 0 Å². The van der Waals surface area contributed by atoms with Crippen LogP contribution in [0.25, 0.3) is 0 Å².